The first kappa shape index (κ1) is 25.7. The summed E-state index contributed by atoms with van der Waals surface area (Å²) in [5, 5.41) is 24.6. The second kappa shape index (κ2) is 10.4. The second-order valence-electron chi connectivity index (χ2n) is 10.0. The molecular formula is C27H28Cl2N6O2. The van der Waals surface area contributed by atoms with E-state index in [-0.39, 0.29) is 24.2 Å². The van der Waals surface area contributed by atoms with Gasteiger partial charge < -0.3 is 5.11 Å². The molecule has 37 heavy (non-hydrogen) atoms. The number of allylic oxidation sites excluding steroid dienone is 1. The van der Waals surface area contributed by atoms with Gasteiger partial charge in [-0.25, -0.2) is 14.6 Å². The third-order valence-corrected chi connectivity index (χ3v) is 8.24. The summed E-state index contributed by atoms with van der Waals surface area (Å²) in [6.45, 7) is 5.12. The number of carbonyl (C=O) groups is 1. The molecule has 192 valence electrons. The van der Waals surface area contributed by atoms with Gasteiger partial charge in [0.15, 0.2) is 11.3 Å². The number of benzene rings is 1. The molecule has 5 rings (SSSR count). The van der Waals surface area contributed by atoms with E-state index in [1.165, 1.54) is 0 Å². The van der Waals surface area contributed by atoms with Crippen LogP contribution in [-0.2, 0) is 4.79 Å². The third kappa shape index (κ3) is 4.96. The molecule has 1 N–H and O–H groups in total. The number of halogens is 2. The molecule has 0 amide bonds. The summed E-state index contributed by atoms with van der Waals surface area (Å²) >= 11 is 12.6. The number of hydrogen-bond acceptors (Lipinski definition) is 6. The number of fused-ring (bicyclic) bond motifs is 1. The van der Waals surface area contributed by atoms with Crippen molar-refractivity contribution in [2.45, 2.75) is 64.1 Å². The Bertz CT molecular complexity index is 1430. The molecule has 1 aliphatic heterocycles. The van der Waals surface area contributed by atoms with Gasteiger partial charge in [-0.1, -0.05) is 42.3 Å². The largest absolute Gasteiger partial charge is 0.481 e. The minimum absolute atomic E-state index is 0.107. The van der Waals surface area contributed by atoms with Crippen molar-refractivity contribution in [1.82, 2.24) is 24.6 Å². The number of carboxylic acid groups (broad SMARTS) is 1. The van der Waals surface area contributed by atoms with Crippen LogP contribution in [0.15, 0.2) is 30.5 Å². The number of rotatable bonds is 6. The fourth-order valence-electron chi connectivity index (χ4n) is 5.83. The summed E-state index contributed by atoms with van der Waals surface area (Å²) in [5.74, 6) is -0.388. The van der Waals surface area contributed by atoms with E-state index < -0.39 is 5.97 Å². The lowest BCUT2D eigenvalue weighted by atomic mass is 9.83. The Morgan fingerprint density at radius 3 is 2.86 bits per heavy atom. The van der Waals surface area contributed by atoms with Gasteiger partial charge in [-0.15, -0.1) is 0 Å². The Labute approximate surface area is 225 Å². The minimum Gasteiger partial charge on any atom is -0.481 e. The lowest BCUT2D eigenvalue weighted by molar-refractivity contribution is -0.138. The standard InChI is InChI=1S/C27H28Cl2N6O2/c1-15-10-17(5-8-24(15)34-9-3-4-19(34)12-25(36)37)23-14-31-26-22(13-30)33-35(27(26)32-23)16(2)20-7-6-18(28)11-21(20)29/h5-7,11,14-16,19,24H,3-4,8-10,12H2,1-2H3,(H,36,37)/t15?,16-,19+,24?/m1/s1. The number of likely N-dealkylation sites (tertiary alicyclic amines) is 1. The Morgan fingerprint density at radius 1 is 1.35 bits per heavy atom. The van der Waals surface area contributed by atoms with Gasteiger partial charge in [0, 0.05) is 22.1 Å². The van der Waals surface area contributed by atoms with E-state index in [9.17, 15) is 15.2 Å². The molecule has 1 aromatic carbocycles. The Balaban J connectivity index is 1.46. The van der Waals surface area contributed by atoms with Crippen molar-refractivity contribution < 1.29 is 9.90 Å². The van der Waals surface area contributed by atoms with Gasteiger partial charge in [0.05, 0.1) is 24.4 Å². The Hall–Kier alpha value is -2.99. The van der Waals surface area contributed by atoms with Gasteiger partial charge in [-0.3, -0.25) is 9.69 Å². The summed E-state index contributed by atoms with van der Waals surface area (Å²) in [4.78, 5) is 23.3. The van der Waals surface area contributed by atoms with Crippen molar-refractivity contribution >= 4 is 45.9 Å². The van der Waals surface area contributed by atoms with E-state index >= 15 is 0 Å². The maximum absolute atomic E-state index is 11.3. The lowest BCUT2D eigenvalue weighted by Gasteiger charge is -2.38. The summed E-state index contributed by atoms with van der Waals surface area (Å²) in [7, 11) is 0. The molecule has 3 aromatic rings. The van der Waals surface area contributed by atoms with Crippen LogP contribution in [0.4, 0.5) is 0 Å². The predicted molar refractivity (Wildman–Crippen MR) is 142 cm³/mol. The van der Waals surface area contributed by atoms with Crippen LogP contribution in [0.25, 0.3) is 16.7 Å². The topological polar surface area (TPSA) is 108 Å². The molecule has 4 atom stereocenters. The van der Waals surface area contributed by atoms with Gasteiger partial charge in [0.25, 0.3) is 0 Å². The van der Waals surface area contributed by atoms with Crippen LogP contribution in [0, 0.1) is 17.2 Å². The average Bonchev–Trinajstić information content (AvgIpc) is 3.47. The molecule has 10 heteroatoms. The van der Waals surface area contributed by atoms with E-state index in [0.717, 1.165) is 49.1 Å². The first-order valence-corrected chi connectivity index (χ1v) is 13.3. The molecule has 2 unspecified atom stereocenters. The highest BCUT2D eigenvalue weighted by molar-refractivity contribution is 6.35. The molecule has 1 aliphatic carbocycles. The molecule has 3 heterocycles. The van der Waals surface area contributed by atoms with Gasteiger partial charge in [0.2, 0.25) is 0 Å². The van der Waals surface area contributed by atoms with Crippen molar-refractivity contribution in [3.8, 4) is 6.07 Å². The Kier molecular flexibility index (Phi) is 7.21. The molecule has 0 saturated carbocycles. The van der Waals surface area contributed by atoms with E-state index in [4.69, 9.17) is 28.2 Å². The molecule has 8 nitrogen and oxygen atoms in total. The van der Waals surface area contributed by atoms with Gasteiger partial charge in [-0.05, 0) is 68.3 Å². The summed E-state index contributed by atoms with van der Waals surface area (Å²) in [6, 6.07) is 7.59. The molecule has 0 radical (unpaired) electrons. The van der Waals surface area contributed by atoms with Crippen molar-refractivity contribution in [1.29, 1.82) is 5.26 Å². The zero-order valence-corrected chi connectivity index (χ0v) is 22.2. The zero-order valence-electron chi connectivity index (χ0n) is 20.7. The zero-order chi connectivity index (χ0) is 26.3. The van der Waals surface area contributed by atoms with Crippen LogP contribution in [0.5, 0.6) is 0 Å². The number of nitrogens with zero attached hydrogens (tertiary/aromatic N) is 6. The number of hydrogen-bond donors (Lipinski definition) is 1. The van der Waals surface area contributed by atoms with Crippen molar-refractivity contribution in [3.05, 3.63) is 57.5 Å². The smallest absolute Gasteiger partial charge is 0.304 e. The van der Waals surface area contributed by atoms with Crippen LogP contribution in [-0.4, -0.2) is 54.4 Å². The number of aromatic nitrogens is 4. The molecule has 2 aliphatic rings. The third-order valence-electron chi connectivity index (χ3n) is 7.68. The van der Waals surface area contributed by atoms with Gasteiger partial charge in [0.1, 0.15) is 11.6 Å². The van der Waals surface area contributed by atoms with E-state index in [1.54, 1.807) is 23.0 Å². The van der Waals surface area contributed by atoms with E-state index in [2.05, 4.69) is 34.1 Å². The Morgan fingerprint density at radius 2 is 2.16 bits per heavy atom. The first-order chi connectivity index (χ1) is 17.8. The highest BCUT2D eigenvalue weighted by Crippen LogP contribution is 2.37. The van der Waals surface area contributed by atoms with Crippen LogP contribution in [0.2, 0.25) is 10.0 Å². The van der Waals surface area contributed by atoms with E-state index in [0.29, 0.717) is 33.2 Å². The molecule has 0 bridgehead atoms. The SMILES string of the molecule is CC1CC(c2cnc3c(C#N)nn([C@H](C)c4ccc(Cl)cc4Cl)c3n2)=CCC1N1CCC[C@H]1CC(=O)O. The summed E-state index contributed by atoms with van der Waals surface area (Å²) in [6.07, 6.45) is 7.77. The van der Waals surface area contributed by atoms with Crippen LogP contribution in [0.1, 0.15) is 68.9 Å². The van der Waals surface area contributed by atoms with Crippen molar-refractivity contribution in [2.24, 2.45) is 5.92 Å². The monoisotopic (exact) mass is 538 g/mol. The fraction of sp³-hybridized carbons (Fsp3) is 0.444. The number of aliphatic carboxylic acids is 1. The normalized spacial score (nSPS) is 23.1. The quantitative estimate of drug-likeness (QED) is 0.426. The van der Waals surface area contributed by atoms with Crippen LogP contribution < -0.4 is 0 Å². The number of carboxylic acids is 1. The average molecular weight is 539 g/mol. The predicted octanol–water partition coefficient (Wildman–Crippen LogP) is 5.74. The fourth-order valence-corrected chi connectivity index (χ4v) is 6.40. The van der Waals surface area contributed by atoms with Gasteiger partial charge >= 0.3 is 5.97 Å². The van der Waals surface area contributed by atoms with Crippen molar-refractivity contribution in [3.63, 3.8) is 0 Å². The van der Waals surface area contributed by atoms with Crippen LogP contribution >= 0.6 is 23.2 Å². The van der Waals surface area contributed by atoms with Crippen molar-refractivity contribution in [2.75, 3.05) is 6.54 Å². The van der Waals surface area contributed by atoms with Crippen LogP contribution in [0.3, 0.4) is 0 Å². The maximum atomic E-state index is 11.3. The molecular weight excluding hydrogens is 511 g/mol. The highest BCUT2D eigenvalue weighted by Gasteiger charge is 2.36. The summed E-state index contributed by atoms with van der Waals surface area (Å²) in [5.41, 5.74) is 3.90. The second-order valence-corrected chi connectivity index (χ2v) is 10.9. The minimum atomic E-state index is -0.734. The molecule has 2 aromatic heterocycles. The molecule has 0 spiro atoms. The maximum Gasteiger partial charge on any atom is 0.304 e. The lowest BCUT2D eigenvalue weighted by Crippen LogP contribution is -2.44. The summed E-state index contributed by atoms with van der Waals surface area (Å²) < 4.78 is 1.70. The molecule has 1 saturated heterocycles. The van der Waals surface area contributed by atoms with E-state index in [1.807, 2.05) is 13.0 Å². The van der Waals surface area contributed by atoms with Gasteiger partial charge in [-0.2, -0.15) is 10.4 Å². The molecule has 1 fully saturated rings. The highest BCUT2D eigenvalue weighted by atomic mass is 35.5. The number of nitriles is 1. The first-order valence-electron chi connectivity index (χ1n) is 12.5.